The van der Waals surface area contributed by atoms with Crippen molar-refractivity contribution in [2.45, 2.75) is 6.92 Å². The summed E-state index contributed by atoms with van der Waals surface area (Å²) >= 11 is 0. The van der Waals surface area contributed by atoms with Crippen LogP contribution in [-0.4, -0.2) is 26.1 Å². The molecule has 0 aliphatic carbocycles. The van der Waals surface area contributed by atoms with Gasteiger partial charge in [-0.2, -0.15) is 5.10 Å². The van der Waals surface area contributed by atoms with Gasteiger partial charge in [-0.3, -0.25) is 9.59 Å². The third-order valence-electron chi connectivity index (χ3n) is 5.24. The summed E-state index contributed by atoms with van der Waals surface area (Å²) in [6.45, 7) is 2.05. The summed E-state index contributed by atoms with van der Waals surface area (Å²) in [7, 11) is 0. The zero-order chi connectivity index (χ0) is 22.1. The van der Waals surface area contributed by atoms with Crippen molar-refractivity contribution in [3.8, 4) is 22.5 Å². The van der Waals surface area contributed by atoms with E-state index in [4.69, 9.17) is 4.98 Å². The molecule has 0 fully saturated rings. The molecule has 0 aliphatic heterocycles. The van der Waals surface area contributed by atoms with Crippen molar-refractivity contribution in [1.29, 1.82) is 0 Å². The second-order valence-electron chi connectivity index (χ2n) is 7.48. The smallest absolute Gasteiger partial charge is 0.276 e. The Morgan fingerprint density at radius 2 is 1.66 bits per heavy atom. The highest BCUT2D eigenvalue weighted by molar-refractivity contribution is 6.02. The number of rotatable bonds is 4. The Bertz CT molecular complexity index is 1480. The van der Waals surface area contributed by atoms with E-state index in [1.807, 2.05) is 54.6 Å². The number of nitrogens with zero attached hydrogens (tertiary/aromatic N) is 2. The Hall–Kier alpha value is -4.52. The van der Waals surface area contributed by atoms with Gasteiger partial charge in [-0.1, -0.05) is 42.5 Å². The average molecular weight is 421 g/mol. The Morgan fingerprint density at radius 3 is 2.41 bits per heavy atom. The normalized spacial score (nSPS) is 10.9. The molecule has 0 atom stereocenters. The summed E-state index contributed by atoms with van der Waals surface area (Å²) in [4.78, 5) is 31.5. The molecule has 0 spiro atoms. The minimum atomic E-state index is -0.392. The number of carbonyl (C=O) groups excluding carboxylic acids is 1. The first-order valence-corrected chi connectivity index (χ1v) is 10.1. The molecule has 0 unspecified atom stereocenters. The highest BCUT2D eigenvalue weighted by atomic mass is 16.2. The van der Waals surface area contributed by atoms with E-state index in [9.17, 15) is 9.59 Å². The lowest BCUT2D eigenvalue weighted by molar-refractivity contribution is 0.102. The van der Waals surface area contributed by atoms with Crippen LogP contribution in [-0.2, 0) is 0 Å². The van der Waals surface area contributed by atoms with Gasteiger partial charge in [-0.15, -0.1) is 0 Å². The first kappa shape index (κ1) is 19.4. The minimum absolute atomic E-state index is 0.141. The Kier molecular flexibility index (Phi) is 4.84. The third kappa shape index (κ3) is 3.79. The summed E-state index contributed by atoms with van der Waals surface area (Å²) in [5, 5.41) is 8.77. The van der Waals surface area contributed by atoms with E-state index in [0.29, 0.717) is 5.69 Å². The molecule has 5 aromatic rings. The number of fused-ring (bicyclic) bond motifs is 1. The van der Waals surface area contributed by atoms with E-state index >= 15 is 0 Å². The maximum absolute atomic E-state index is 12.3. The van der Waals surface area contributed by atoms with Crippen molar-refractivity contribution in [3.63, 3.8) is 0 Å². The number of amides is 1. The molecule has 0 saturated carbocycles. The Morgan fingerprint density at radius 1 is 0.875 bits per heavy atom. The maximum atomic E-state index is 12.3. The number of benzene rings is 3. The molecule has 7 nitrogen and oxygen atoms in total. The second kappa shape index (κ2) is 7.96. The van der Waals surface area contributed by atoms with Gasteiger partial charge in [0, 0.05) is 17.3 Å². The number of carbonyl (C=O) groups is 1. The number of aromatic amines is 2. The zero-order valence-corrected chi connectivity index (χ0v) is 17.2. The topological polar surface area (TPSA) is 104 Å². The van der Waals surface area contributed by atoms with Crippen molar-refractivity contribution in [2.24, 2.45) is 0 Å². The number of imidazole rings is 1. The van der Waals surface area contributed by atoms with Crippen molar-refractivity contribution in [2.75, 3.05) is 5.32 Å². The van der Waals surface area contributed by atoms with Crippen molar-refractivity contribution in [1.82, 2.24) is 20.2 Å². The molecule has 0 bridgehead atoms. The number of nitrogens with one attached hydrogen (secondary N) is 3. The van der Waals surface area contributed by atoms with Crippen LogP contribution >= 0.6 is 0 Å². The average Bonchev–Trinajstić information content (AvgIpc) is 3.26. The van der Waals surface area contributed by atoms with Crippen LogP contribution in [0.4, 0.5) is 5.69 Å². The van der Waals surface area contributed by atoms with Gasteiger partial charge in [0.15, 0.2) is 0 Å². The summed E-state index contributed by atoms with van der Waals surface area (Å²) in [6, 6.07) is 24.4. The van der Waals surface area contributed by atoms with Crippen LogP contribution in [0.15, 0.2) is 83.7 Å². The van der Waals surface area contributed by atoms with E-state index in [2.05, 4.69) is 39.6 Å². The van der Waals surface area contributed by atoms with Crippen LogP contribution in [0.25, 0.3) is 33.5 Å². The summed E-state index contributed by atoms with van der Waals surface area (Å²) < 4.78 is 0. The van der Waals surface area contributed by atoms with Gasteiger partial charge in [0.1, 0.15) is 11.5 Å². The first-order valence-electron chi connectivity index (χ1n) is 10.1. The molecule has 7 heteroatoms. The van der Waals surface area contributed by atoms with Crippen LogP contribution in [0.5, 0.6) is 0 Å². The molecule has 0 radical (unpaired) electrons. The molecule has 2 heterocycles. The first-order chi connectivity index (χ1) is 15.6. The number of aryl methyl sites for hydroxylation is 1. The molecule has 5 rings (SSSR count). The van der Waals surface area contributed by atoms with Gasteiger partial charge >= 0.3 is 0 Å². The number of aromatic nitrogens is 4. The summed E-state index contributed by atoms with van der Waals surface area (Å²) in [6.07, 6.45) is 0. The van der Waals surface area contributed by atoms with Gasteiger partial charge < -0.3 is 10.3 Å². The van der Waals surface area contributed by atoms with Crippen molar-refractivity contribution < 1.29 is 4.79 Å². The highest BCUT2D eigenvalue weighted by Gasteiger charge is 2.10. The molecule has 3 aromatic carbocycles. The minimum Gasteiger partial charge on any atom is -0.338 e. The number of H-pyrrole nitrogens is 2. The SMILES string of the molecule is Cc1cccc2[nH]c(-c3cccc(-c4ccc(NC(=O)c5ccc(=O)[nH]n5)cc4)c3)nc12. The third-order valence-corrected chi connectivity index (χ3v) is 5.24. The second-order valence-corrected chi connectivity index (χ2v) is 7.48. The molecule has 32 heavy (non-hydrogen) atoms. The predicted molar refractivity (Wildman–Crippen MR) is 125 cm³/mol. The van der Waals surface area contributed by atoms with E-state index in [1.54, 1.807) is 0 Å². The van der Waals surface area contributed by atoms with E-state index in [0.717, 1.165) is 39.1 Å². The van der Waals surface area contributed by atoms with Crippen LogP contribution in [0, 0.1) is 6.92 Å². The maximum Gasteiger partial charge on any atom is 0.276 e. The highest BCUT2D eigenvalue weighted by Crippen LogP contribution is 2.28. The number of hydrogen-bond donors (Lipinski definition) is 3. The van der Waals surface area contributed by atoms with Crippen LogP contribution in [0.3, 0.4) is 0 Å². The fourth-order valence-corrected chi connectivity index (χ4v) is 3.57. The fraction of sp³-hybridized carbons (Fsp3) is 0.0400. The summed E-state index contributed by atoms with van der Waals surface area (Å²) in [5.41, 5.74) is 6.60. The number of hydrogen-bond acceptors (Lipinski definition) is 4. The largest absolute Gasteiger partial charge is 0.338 e. The summed E-state index contributed by atoms with van der Waals surface area (Å²) in [5.74, 6) is 0.435. The lowest BCUT2D eigenvalue weighted by Crippen LogP contribution is -2.17. The quantitative estimate of drug-likeness (QED) is 0.396. The van der Waals surface area contributed by atoms with Crippen LogP contribution < -0.4 is 10.9 Å². The number of para-hydroxylation sites is 1. The predicted octanol–water partition coefficient (Wildman–Crippen LogP) is 4.54. The molecular formula is C25H19N5O2. The van der Waals surface area contributed by atoms with E-state index in [-0.39, 0.29) is 11.3 Å². The van der Waals surface area contributed by atoms with Crippen LogP contribution in [0.2, 0.25) is 0 Å². The van der Waals surface area contributed by atoms with E-state index < -0.39 is 5.91 Å². The standard InChI is InChI=1S/C25H19N5O2/c1-15-4-2-7-20-23(15)28-24(27-20)18-6-3-5-17(14-18)16-8-10-19(11-9-16)26-25(32)21-12-13-22(31)30-29-21/h2-14H,1H3,(H,26,32)(H,27,28)(H,30,31). The van der Waals surface area contributed by atoms with Crippen LogP contribution in [0.1, 0.15) is 16.1 Å². The van der Waals surface area contributed by atoms with Gasteiger partial charge in [0.05, 0.1) is 11.0 Å². The van der Waals surface area contributed by atoms with E-state index in [1.165, 1.54) is 12.1 Å². The molecule has 2 aromatic heterocycles. The molecule has 1 amide bonds. The fourth-order valence-electron chi connectivity index (χ4n) is 3.57. The molecular weight excluding hydrogens is 402 g/mol. The van der Waals surface area contributed by atoms with Gasteiger partial charge in [0.25, 0.3) is 11.5 Å². The van der Waals surface area contributed by atoms with Crippen molar-refractivity contribution >= 4 is 22.6 Å². The van der Waals surface area contributed by atoms with Crippen molar-refractivity contribution in [3.05, 3.63) is 100 Å². The lowest BCUT2D eigenvalue weighted by Gasteiger charge is -2.07. The molecule has 3 N–H and O–H groups in total. The molecule has 156 valence electrons. The van der Waals surface area contributed by atoms with Gasteiger partial charge in [-0.05, 0) is 53.9 Å². The number of anilines is 1. The molecule has 0 saturated heterocycles. The Labute approximate surface area is 183 Å². The monoisotopic (exact) mass is 421 g/mol. The van der Waals surface area contributed by atoms with Gasteiger partial charge in [-0.25, -0.2) is 10.1 Å². The zero-order valence-electron chi connectivity index (χ0n) is 17.2. The molecule has 0 aliphatic rings. The Balaban J connectivity index is 1.38. The van der Waals surface area contributed by atoms with Gasteiger partial charge in [0.2, 0.25) is 0 Å². The lowest BCUT2D eigenvalue weighted by atomic mass is 10.0.